The summed E-state index contributed by atoms with van der Waals surface area (Å²) in [5.74, 6) is 0.658. The van der Waals surface area contributed by atoms with Crippen LogP contribution in [0.5, 0.6) is 5.75 Å². The average molecular weight is 276 g/mol. The van der Waals surface area contributed by atoms with Crippen molar-refractivity contribution in [2.24, 2.45) is 0 Å². The van der Waals surface area contributed by atoms with E-state index in [2.05, 4.69) is 17.2 Å². The van der Waals surface area contributed by atoms with Crippen LogP contribution in [0.15, 0.2) is 36.9 Å². The standard InChI is InChI=1S/C15H20N2O3/c1-2-8-19-13-6-4-3-5-12(13)10-17-15(18)14-11-16-7-9-20-14/h2-6,14,16H,1,7-11H2,(H,17,18). The topological polar surface area (TPSA) is 59.6 Å². The van der Waals surface area contributed by atoms with Crippen LogP contribution in [0.4, 0.5) is 0 Å². The van der Waals surface area contributed by atoms with Gasteiger partial charge in [0.05, 0.1) is 6.61 Å². The molecule has 1 aliphatic heterocycles. The highest BCUT2D eigenvalue weighted by Crippen LogP contribution is 2.17. The van der Waals surface area contributed by atoms with Crippen LogP contribution in [-0.4, -0.2) is 38.3 Å². The fraction of sp³-hybridized carbons (Fsp3) is 0.400. The SMILES string of the molecule is C=CCOc1ccccc1CNC(=O)C1CNCCO1. The Morgan fingerprint density at radius 1 is 1.55 bits per heavy atom. The maximum absolute atomic E-state index is 12.0. The number of morpholine rings is 1. The molecule has 1 amide bonds. The van der Waals surface area contributed by atoms with Gasteiger partial charge >= 0.3 is 0 Å². The number of nitrogens with one attached hydrogen (secondary N) is 2. The first-order valence-corrected chi connectivity index (χ1v) is 6.73. The number of benzene rings is 1. The minimum atomic E-state index is -0.412. The number of carbonyl (C=O) groups is 1. The van der Waals surface area contributed by atoms with E-state index >= 15 is 0 Å². The molecule has 5 heteroatoms. The first-order chi connectivity index (χ1) is 9.81. The van der Waals surface area contributed by atoms with Gasteiger partial charge in [-0.2, -0.15) is 0 Å². The minimum Gasteiger partial charge on any atom is -0.489 e. The normalized spacial score (nSPS) is 18.3. The molecule has 2 N–H and O–H groups in total. The van der Waals surface area contributed by atoms with Crippen molar-refractivity contribution in [3.63, 3.8) is 0 Å². The van der Waals surface area contributed by atoms with E-state index in [1.165, 1.54) is 0 Å². The van der Waals surface area contributed by atoms with Gasteiger partial charge in [-0.3, -0.25) is 4.79 Å². The van der Waals surface area contributed by atoms with Gasteiger partial charge in [-0.25, -0.2) is 0 Å². The molecule has 2 rings (SSSR count). The van der Waals surface area contributed by atoms with Crippen LogP contribution in [0.2, 0.25) is 0 Å². The molecule has 0 spiro atoms. The summed E-state index contributed by atoms with van der Waals surface area (Å²) in [4.78, 5) is 12.0. The smallest absolute Gasteiger partial charge is 0.250 e. The molecule has 0 aromatic heterocycles. The van der Waals surface area contributed by atoms with Crippen LogP contribution in [0.25, 0.3) is 0 Å². The van der Waals surface area contributed by atoms with E-state index in [-0.39, 0.29) is 5.91 Å². The summed E-state index contributed by atoms with van der Waals surface area (Å²) >= 11 is 0. The average Bonchev–Trinajstić information content (AvgIpc) is 2.52. The molecule has 1 atom stereocenters. The number of hydrogen-bond donors (Lipinski definition) is 2. The molecule has 1 heterocycles. The summed E-state index contributed by atoms with van der Waals surface area (Å²) in [6, 6.07) is 7.63. The molecular formula is C15H20N2O3. The van der Waals surface area contributed by atoms with Gasteiger partial charge in [-0.15, -0.1) is 0 Å². The monoisotopic (exact) mass is 276 g/mol. The third-order valence-corrected chi connectivity index (χ3v) is 3.00. The van der Waals surface area contributed by atoms with Crippen molar-refractivity contribution in [2.45, 2.75) is 12.6 Å². The summed E-state index contributed by atoms with van der Waals surface area (Å²) in [6.07, 6.45) is 1.28. The summed E-state index contributed by atoms with van der Waals surface area (Å²) in [7, 11) is 0. The van der Waals surface area contributed by atoms with E-state index < -0.39 is 6.10 Å². The quantitative estimate of drug-likeness (QED) is 0.757. The van der Waals surface area contributed by atoms with Crippen molar-refractivity contribution in [2.75, 3.05) is 26.3 Å². The number of para-hydroxylation sites is 1. The molecule has 1 unspecified atom stereocenters. The molecule has 0 aliphatic carbocycles. The Labute approximate surface area is 119 Å². The van der Waals surface area contributed by atoms with E-state index in [0.29, 0.717) is 26.3 Å². The Bertz CT molecular complexity index is 456. The van der Waals surface area contributed by atoms with E-state index in [4.69, 9.17) is 9.47 Å². The van der Waals surface area contributed by atoms with Gasteiger partial charge in [-0.1, -0.05) is 30.9 Å². The molecule has 1 saturated heterocycles. The first kappa shape index (κ1) is 14.6. The minimum absolute atomic E-state index is 0.101. The Balaban J connectivity index is 1.89. The molecule has 1 aromatic carbocycles. The maximum Gasteiger partial charge on any atom is 0.250 e. The van der Waals surface area contributed by atoms with Gasteiger partial charge in [0.1, 0.15) is 18.5 Å². The second-order valence-corrected chi connectivity index (χ2v) is 4.49. The largest absolute Gasteiger partial charge is 0.489 e. The van der Waals surface area contributed by atoms with Crippen molar-refractivity contribution in [3.8, 4) is 5.75 Å². The van der Waals surface area contributed by atoms with Crippen LogP contribution < -0.4 is 15.4 Å². The zero-order valence-corrected chi connectivity index (χ0v) is 11.4. The first-order valence-electron chi connectivity index (χ1n) is 6.73. The molecule has 108 valence electrons. The Hall–Kier alpha value is -1.85. The highest BCUT2D eigenvalue weighted by atomic mass is 16.5. The molecule has 0 bridgehead atoms. The second kappa shape index (κ2) is 7.67. The van der Waals surface area contributed by atoms with Crippen LogP contribution in [0, 0.1) is 0 Å². The lowest BCUT2D eigenvalue weighted by Gasteiger charge is -2.22. The van der Waals surface area contributed by atoms with Crippen molar-refractivity contribution in [3.05, 3.63) is 42.5 Å². The maximum atomic E-state index is 12.0. The van der Waals surface area contributed by atoms with Gasteiger partial charge < -0.3 is 20.1 Å². The van der Waals surface area contributed by atoms with Crippen molar-refractivity contribution in [1.29, 1.82) is 0 Å². The number of amides is 1. The van der Waals surface area contributed by atoms with Gasteiger partial charge in [0, 0.05) is 25.2 Å². The fourth-order valence-electron chi connectivity index (χ4n) is 1.97. The number of ether oxygens (including phenoxy) is 2. The summed E-state index contributed by atoms with van der Waals surface area (Å²) in [6.45, 7) is 6.41. The predicted octanol–water partition coefficient (Wildman–Crippen LogP) is 0.856. The van der Waals surface area contributed by atoms with Gasteiger partial charge in [0.2, 0.25) is 0 Å². The molecule has 5 nitrogen and oxygen atoms in total. The molecule has 0 saturated carbocycles. The predicted molar refractivity (Wildman–Crippen MR) is 76.6 cm³/mol. The number of rotatable bonds is 6. The van der Waals surface area contributed by atoms with Crippen LogP contribution >= 0.6 is 0 Å². The van der Waals surface area contributed by atoms with Crippen LogP contribution in [0.3, 0.4) is 0 Å². The molecule has 1 aromatic rings. The lowest BCUT2D eigenvalue weighted by atomic mass is 10.2. The van der Waals surface area contributed by atoms with Gasteiger partial charge in [-0.05, 0) is 6.07 Å². The summed E-state index contributed by atoms with van der Waals surface area (Å²) in [5, 5.41) is 6.01. The zero-order valence-electron chi connectivity index (χ0n) is 11.4. The lowest BCUT2D eigenvalue weighted by Crippen LogP contribution is -2.47. The van der Waals surface area contributed by atoms with Crippen molar-refractivity contribution in [1.82, 2.24) is 10.6 Å². The third kappa shape index (κ3) is 4.08. The highest BCUT2D eigenvalue weighted by molar-refractivity contribution is 5.81. The van der Waals surface area contributed by atoms with Crippen molar-refractivity contribution < 1.29 is 14.3 Å². The van der Waals surface area contributed by atoms with E-state index in [9.17, 15) is 4.79 Å². The Morgan fingerprint density at radius 3 is 3.15 bits per heavy atom. The molecule has 0 radical (unpaired) electrons. The summed E-state index contributed by atoms with van der Waals surface area (Å²) in [5.41, 5.74) is 0.937. The number of hydrogen-bond acceptors (Lipinski definition) is 4. The van der Waals surface area contributed by atoms with Crippen LogP contribution in [-0.2, 0) is 16.1 Å². The summed E-state index contributed by atoms with van der Waals surface area (Å²) < 4.78 is 11.0. The number of carbonyl (C=O) groups excluding carboxylic acids is 1. The lowest BCUT2D eigenvalue weighted by molar-refractivity contribution is -0.134. The zero-order chi connectivity index (χ0) is 14.2. The molecule has 1 fully saturated rings. The van der Waals surface area contributed by atoms with Gasteiger partial charge in [0.15, 0.2) is 0 Å². The Morgan fingerprint density at radius 2 is 2.40 bits per heavy atom. The second-order valence-electron chi connectivity index (χ2n) is 4.49. The van der Waals surface area contributed by atoms with Crippen LogP contribution in [0.1, 0.15) is 5.56 Å². The Kier molecular flexibility index (Phi) is 5.58. The van der Waals surface area contributed by atoms with E-state index in [0.717, 1.165) is 17.9 Å². The highest BCUT2D eigenvalue weighted by Gasteiger charge is 2.21. The van der Waals surface area contributed by atoms with Gasteiger partial charge in [0.25, 0.3) is 5.91 Å². The van der Waals surface area contributed by atoms with Crippen molar-refractivity contribution >= 4 is 5.91 Å². The third-order valence-electron chi connectivity index (χ3n) is 3.00. The molecule has 1 aliphatic rings. The van der Waals surface area contributed by atoms with E-state index in [1.54, 1.807) is 6.08 Å². The molecule has 20 heavy (non-hydrogen) atoms. The van der Waals surface area contributed by atoms with E-state index in [1.807, 2.05) is 24.3 Å². The fourth-order valence-corrected chi connectivity index (χ4v) is 1.97. The molecular weight excluding hydrogens is 256 g/mol.